The summed E-state index contributed by atoms with van der Waals surface area (Å²) >= 11 is 0. The van der Waals surface area contributed by atoms with E-state index in [0.717, 1.165) is 31.8 Å². The molecule has 1 atom stereocenters. The molecule has 4 nitrogen and oxygen atoms in total. The molecule has 0 aliphatic carbocycles. The van der Waals surface area contributed by atoms with Gasteiger partial charge in [-0.25, -0.2) is 0 Å². The van der Waals surface area contributed by atoms with Crippen LogP contribution in [0.3, 0.4) is 0 Å². The highest BCUT2D eigenvalue weighted by molar-refractivity contribution is 5.15. The first-order valence-corrected chi connectivity index (χ1v) is 6.83. The highest BCUT2D eigenvalue weighted by Gasteiger charge is 2.17. The molecular formula is C14H25N3O. The van der Waals surface area contributed by atoms with E-state index in [9.17, 15) is 0 Å². The first-order valence-electron chi connectivity index (χ1n) is 6.83. The molecule has 0 aromatic carbocycles. The minimum absolute atomic E-state index is 0.142. The summed E-state index contributed by atoms with van der Waals surface area (Å²) < 4.78 is 7.68. The van der Waals surface area contributed by atoms with Gasteiger partial charge in [0.15, 0.2) is 0 Å². The van der Waals surface area contributed by atoms with E-state index in [-0.39, 0.29) is 5.54 Å². The molecule has 0 saturated carbocycles. The van der Waals surface area contributed by atoms with Gasteiger partial charge in [0.1, 0.15) is 0 Å². The average molecular weight is 251 g/mol. The van der Waals surface area contributed by atoms with E-state index in [2.05, 4.69) is 44.3 Å². The SMILES string of the molecule is Cc1nn(CC2CCCO2)cc1CNC(C)(C)C. The molecular weight excluding hydrogens is 226 g/mol. The smallest absolute Gasteiger partial charge is 0.0771 e. The van der Waals surface area contributed by atoms with Gasteiger partial charge < -0.3 is 10.1 Å². The van der Waals surface area contributed by atoms with Crippen LogP contribution in [0.1, 0.15) is 44.9 Å². The molecule has 18 heavy (non-hydrogen) atoms. The standard InChI is InChI=1S/C14H25N3O/c1-11-12(8-15-14(2,3)4)9-17(16-11)10-13-6-5-7-18-13/h9,13,15H,5-8,10H2,1-4H3. The molecule has 1 N–H and O–H groups in total. The molecule has 2 heterocycles. The zero-order valence-corrected chi connectivity index (χ0v) is 12.0. The largest absolute Gasteiger partial charge is 0.376 e. The molecule has 0 bridgehead atoms. The Morgan fingerprint density at radius 1 is 1.50 bits per heavy atom. The van der Waals surface area contributed by atoms with Gasteiger partial charge in [0, 0.05) is 30.5 Å². The molecule has 0 amide bonds. The van der Waals surface area contributed by atoms with Gasteiger partial charge in [-0.3, -0.25) is 4.68 Å². The fraction of sp³-hybridized carbons (Fsp3) is 0.786. The van der Waals surface area contributed by atoms with Crippen LogP contribution in [0.4, 0.5) is 0 Å². The fourth-order valence-electron chi connectivity index (χ4n) is 2.18. The lowest BCUT2D eigenvalue weighted by Crippen LogP contribution is -2.35. The summed E-state index contributed by atoms with van der Waals surface area (Å²) in [5, 5.41) is 8.07. The average Bonchev–Trinajstić information content (AvgIpc) is 2.85. The number of nitrogens with zero attached hydrogens (tertiary/aromatic N) is 2. The normalized spacial score (nSPS) is 20.6. The van der Waals surface area contributed by atoms with Crippen molar-refractivity contribution in [2.75, 3.05) is 6.61 Å². The molecule has 4 heteroatoms. The number of aryl methyl sites for hydroxylation is 1. The first kappa shape index (κ1) is 13.6. The minimum atomic E-state index is 0.142. The van der Waals surface area contributed by atoms with Crippen molar-refractivity contribution >= 4 is 0 Å². The van der Waals surface area contributed by atoms with E-state index < -0.39 is 0 Å². The predicted molar refractivity (Wildman–Crippen MR) is 72.5 cm³/mol. The second kappa shape index (κ2) is 5.41. The molecule has 102 valence electrons. The van der Waals surface area contributed by atoms with Gasteiger partial charge in [0.2, 0.25) is 0 Å². The third-order valence-electron chi connectivity index (χ3n) is 3.27. The molecule has 2 rings (SSSR count). The van der Waals surface area contributed by atoms with E-state index in [4.69, 9.17) is 4.74 Å². The van der Waals surface area contributed by atoms with Gasteiger partial charge in [0.05, 0.1) is 18.3 Å². The number of aromatic nitrogens is 2. The number of ether oxygens (including phenoxy) is 1. The maximum atomic E-state index is 5.64. The summed E-state index contributed by atoms with van der Waals surface area (Å²) in [4.78, 5) is 0. The van der Waals surface area contributed by atoms with Gasteiger partial charge in [-0.05, 0) is 40.5 Å². The van der Waals surface area contributed by atoms with Crippen LogP contribution < -0.4 is 5.32 Å². The lowest BCUT2D eigenvalue weighted by Gasteiger charge is -2.20. The third kappa shape index (κ3) is 3.82. The van der Waals surface area contributed by atoms with Crippen LogP contribution in [0.5, 0.6) is 0 Å². The zero-order chi connectivity index (χ0) is 13.2. The van der Waals surface area contributed by atoms with Crippen molar-refractivity contribution < 1.29 is 4.74 Å². The van der Waals surface area contributed by atoms with Crippen molar-refractivity contribution in [3.05, 3.63) is 17.5 Å². The van der Waals surface area contributed by atoms with Gasteiger partial charge in [0.25, 0.3) is 0 Å². The molecule has 0 radical (unpaired) electrons. The monoisotopic (exact) mass is 251 g/mol. The number of rotatable bonds is 4. The minimum Gasteiger partial charge on any atom is -0.376 e. The van der Waals surface area contributed by atoms with E-state index >= 15 is 0 Å². The molecule has 1 saturated heterocycles. The van der Waals surface area contributed by atoms with Crippen LogP contribution in [0.25, 0.3) is 0 Å². The quantitative estimate of drug-likeness (QED) is 0.892. The van der Waals surface area contributed by atoms with E-state index in [1.807, 2.05) is 4.68 Å². The maximum Gasteiger partial charge on any atom is 0.0771 e. The second-order valence-electron chi connectivity index (χ2n) is 6.20. The second-order valence-corrected chi connectivity index (χ2v) is 6.20. The molecule has 1 fully saturated rings. The Morgan fingerprint density at radius 3 is 2.89 bits per heavy atom. The van der Waals surface area contributed by atoms with Crippen molar-refractivity contribution in [3.8, 4) is 0 Å². The van der Waals surface area contributed by atoms with Crippen LogP contribution in [-0.4, -0.2) is 28.0 Å². The Morgan fingerprint density at radius 2 is 2.28 bits per heavy atom. The van der Waals surface area contributed by atoms with Gasteiger partial charge in [-0.2, -0.15) is 5.10 Å². The van der Waals surface area contributed by atoms with Crippen LogP contribution in [0.15, 0.2) is 6.20 Å². The van der Waals surface area contributed by atoms with Crippen LogP contribution >= 0.6 is 0 Å². The van der Waals surface area contributed by atoms with Crippen molar-refractivity contribution in [2.45, 2.75) is 65.3 Å². The van der Waals surface area contributed by atoms with Crippen molar-refractivity contribution in [1.82, 2.24) is 15.1 Å². The maximum absolute atomic E-state index is 5.64. The Kier molecular flexibility index (Phi) is 4.07. The van der Waals surface area contributed by atoms with Crippen LogP contribution in [0, 0.1) is 6.92 Å². The summed E-state index contributed by atoms with van der Waals surface area (Å²) in [6.07, 6.45) is 4.85. The number of hydrogen-bond acceptors (Lipinski definition) is 3. The van der Waals surface area contributed by atoms with E-state index in [1.165, 1.54) is 12.0 Å². The molecule has 1 aromatic rings. The summed E-state index contributed by atoms with van der Waals surface area (Å²) in [6.45, 7) is 11.3. The fourth-order valence-corrected chi connectivity index (χ4v) is 2.18. The number of hydrogen-bond donors (Lipinski definition) is 1. The van der Waals surface area contributed by atoms with Gasteiger partial charge >= 0.3 is 0 Å². The summed E-state index contributed by atoms with van der Waals surface area (Å²) in [5.41, 5.74) is 2.54. The Labute approximate surface area is 110 Å². The highest BCUT2D eigenvalue weighted by atomic mass is 16.5. The molecule has 1 aliphatic heterocycles. The predicted octanol–water partition coefficient (Wildman–Crippen LogP) is 2.26. The van der Waals surface area contributed by atoms with Crippen molar-refractivity contribution in [1.29, 1.82) is 0 Å². The lowest BCUT2D eigenvalue weighted by molar-refractivity contribution is 0.0939. The van der Waals surface area contributed by atoms with Crippen LogP contribution in [0.2, 0.25) is 0 Å². The van der Waals surface area contributed by atoms with Gasteiger partial charge in [-0.1, -0.05) is 0 Å². The molecule has 1 unspecified atom stereocenters. The molecule has 0 spiro atoms. The lowest BCUT2D eigenvalue weighted by atomic mass is 10.1. The molecule has 1 aromatic heterocycles. The van der Waals surface area contributed by atoms with Gasteiger partial charge in [-0.15, -0.1) is 0 Å². The topological polar surface area (TPSA) is 39.1 Å². The highest BCUT2D eigenvalue weighted by Crippen LogP contribution is 2.15. The third-order valence-corrected chi connectivity index (χ3v) is 3.27. The van der Waals surface area contributed by atoms with E-state index in [0.29, 0.717) is 6.10 Å². The summed E-state index contributed by atoms with van der Waals surface area (Å²) in [6, 6.07) is 0. The van der Waals surface area contributed by atoms with Crippen molar-refractivity contribution in [2.24, 2.45) is 0 Å². The zero-order valence-electron chi connectivity index (χ0n) is 12.0. The number of nitrogens with one attached hydrogen (secondary N) is 1. The van der Waals surface area contributed by atoms with E-state index in [1.54, 1.807) is 0 Å². The Hall–Kier alpha value is -0.870. The molecule has 1 aliphatic rings. The Balaban J connectivity index is 1.93. The summed E-state index contributed by atoms with van der Waals surface area (Å²) in [5.74, 6) is 0. The summed E-state index contributed by atoms with van der Waals surface area (Å²) in [7, 11) is 0. The van der Waals surface area contributed by atoms with Crippen molar-refractivity contribution in [3.63, 3.8) is 0 Å². The van der Waals surface area contributed by atoms with Crippen LogP contribution in [-0.2, 0) is 17.8 Å². The Bertz CT molecular complexity index is 386. The first-order chi connectivity index (χ1) is 8.44.